The number of aromatic nitrogens is 4. The molecule has 0 spiro atoms. The fourth-order valence-corrected chi connectivity index (χ4v) is 4.07. The molecule has 2 aromatic carbocycles. The number of nitrogens with one attached hydrogen (secondary N) is 2. The summed E-state index contributed by atoms with van der Waals surface area (Å²) in [6.45, 7) is 3.66. The summed E-state index contributed by atoms with van der Waals surface area (Å²) >= 11 is 0. The number of aryl methyl sites for hydroxylation is 2. The SMILES string of the molecule is Cc1cccc(S(=O)(=O)Nc2ccc(Nc3cc(-n4cccn4)nc(C)n3)cc2)c1. The van der Waals surface area contributed by atoms with Crippen LogP contribution in [0.15, 0.2) is 78.0 Å². The predicted molar refractivity (Wildman–Crippen MR) is 116 cm³/mol. The molecule has 0 atom stereocenters. The largest absolute Gasteiger partial charge is 0.340 e. The van der Waals surface area contributed by atoms with Gasteiger partial charge in [0.2, 0.25) is 0 Å². The molecule has 30 heavy (non-hydrogen) atoms. The normalized spacial score (nSPS) is 11.3. The quantitative estimate of drug-likeness (QED) is 0.492. The van der Waals surface area contributed by atoms with Gasteiger partial charge in [0.1, 0.15) is 11.6 Å². The van der Waals surface area contributed by atoms with Crippen LogP contribution in [0.25, 0.3) is 5.82 Å². The molecule has 0 saturated heterocycles. The van der Waals surface area contributed by atoms with Crippen LogP contribution in [0.1, 0.15) is 11.4 Å². The molecule has 8 nitrogen and oxygen atoms in total. The van der Waals surface area contributed by atoms with Crippen molar-refractivity contribution in [1.82, 2.24) is 19.7 Å². The molecule has 0 saturated carbocycles. The Kier molecular flexibility index (Phi) is 5.20. The van der Waals surface area contributed by atoms with Gasteiger partial charge in [-0.1, -0.05) is 12.1 Å². The van der Waals surface area contributed by atoms with E-state index < -0.39 is 10.0 Å². The van der Waals surface area contributed by atoms with Crippen LogP contribution >= 0.6 is 0 Å². The molecule has 2 N–H and O–H groups in total. The molecule has 4 rings (SSSR count). The highest BCUT2D eigenvalue weighted by Gasteiger charge is 2.14. The molecule has 4 aromatic rings. The smallest absolute Gasteiger partial charge is 0.261 e. The van der Waals surface area contributed by atoms with Gasteiger partial charge >= 0.3 is 0 Å². The van der Waals surface area contributed by atoms with Gasteiger partial charge in [0, 0.05) is 29.8 Å². The summed E-state index contributed by atoms with van der Waals surface area (Å²) in [5, 5.41) is 7.39. The second-order valence-electron chi connectivity index (χ2n) is 6.73. The third-order valence-corrected chi connectivity index (χ3v) is 5.65. The Hall–Kier alpha value is -3.72. The average Bonchev–Trinajstić information content (AvgIpc) is 3.24. The molecule has 0 fully saturated rings. The van der Waals surface area contributed by atoms with Crippen molar-refractivity contribution in [3.8, 4) is 5.82 Å². The zero-order valence-electron chi connectivity index (χ0n) is 16.4. The van der Waals surface area contributed by atoms with Gasteiger partial charge in [-0.15, -0.1) is 0 Å². The predicted octanol–water partition coefficient (Wildman–Crippen LogP) is 3.82. The number of sulfonamides is 1. The second kappa shape index (κ2) is 7.96. The molecule has 0 aliphatic carbocycles. The fraction of sp³-hybridized carbons (Fsp3) is 0.0952. The van der Waals surface area contributed by atoms with Gasteiger partial charge in [-0.25, -0.2) is 23.1 Å². The molecular weight excluding hydrogens is 400 g/mol. The summed E-state index contributed by atoms with van der Waals surface area (Å²) in [7, 11) is -3.64. The minimum atomic E-state index is -3.64. The number of nitrogens with zero attached hydrogens (tertiary/aromatic N) is 4. The fourth-order valence-electron chi connectivity index (χ4n) is 2.90. The van der Waals surface area contributed by atoms with Gasteiger partial charge in [-0.3, -0.25) is 4.72 Å². The zero-order chi connectivity index (χ0) is 21.1. The third-order valence-electron chi connectivity index (χ3n) is 4.27. The lowest BCUT2D eigenvalue weighted by molar-refractivity contribution is 0.601. The number of hydrogen-bond donors (Lipinski definition) is 2. The Morgan fingerprint density at radius 1 is 0.900 bits per heavy atom. The van der Waals surface area contributed by atoms with Crippen LogP contribution in [0, 0.1) is 13.8 Å². The van der Waals surface area contributed by atoms with E-state index in [2.05, 4.69) is 25.1 Å². The first kappa shape index (κ1) is 19.6. The molecule has 9 heteroatoms. The van der Waals surface area contributed by atoms with Gasteiger partial charge in [0.05, 0.1) is 4.90 Å². The van der Waals surface area contributed by atoms with Crippen LogP contribution in [-0.2, 0) is 10.0 Å². The first-order chi connectivity index (χ1) is 14.4. The van der Waals surface area contributed by atoms with Gasteiger partial charge in [-0.2, -0.15) is 5.10 Å². The lowest BCUT2D eigenvalue weighted by atomic mass is 10.2. The minimum absolute atomic E-state index is 0.229. The molecule has 0 bridgehead atoms. The molecule has 0 amide bonds. The highest BCUT2D eigenvalue weighted by Crippen LogP contribution is 2.21. The van der Waals surface area contributed by atoms with Gasteiger partial charge < -0.3 is 5.32 Å². The zero-order valence-corrected chi connectivity index (χ0v) is 17.3. The Balaban J connectivity index is 1.51. The third kappa shape index (κ3) is 4.47. The maximum Gasteiger partial charge on any atom is 0.261 e. The molecule has 0 aliphatic rings. The van der Waals surface area contributed by atoms with Crippen molar-refractivity contribution in [2.24, 2.45) is 0 Å². The summed E-state index contributed by atoms with van der Waals surface area (Å²) < 4.78 is 29.4. The van der Waals surface area contributed by atoms with E-state index >= 15 is 0 Å². The van der Waals surface area contributed by atoms with Gasteiger partial charge in [-0.05, 0) is 61.9 Å². The minimum Gasteiger partial charge on any atom is -0.340 e. The van der Waals surface area contributed by atoms with Crippen LogP contribution in [0.4, 0.5) is 17.2 Å². The summed E-state index contributed by atoms with van der Waals surface area (Å²) in [5.74, 6) is 1.87. The average molecular weight is 420 g/mol. The van der Waals surface area contributed by atoms with Crippen molar-refractivity contribution in [2.75, 3.05) is 10.0 Å². The monoisotopic (exact) mass is 420 g/mol. The molecule has 0 radical (unpaired) electrons. The van der Waals surface area contributed by atoms with Crippen molar-refractivity contribution in [1.29, 1.82) is 0 Å². The standard InChI is InChI=1S/C21H20N6O2S/c1-15-5-3-6-19(13-15)30(28,29)26-18-9-7-17(8-10-18)25-20-14-21(24-16(2)23-20)27-12-4-11-22-27/h3-14,26H,1-2H3,(H,23,24,25). The molecule has 152 valence electrons. The molecule has 2 aromatic heterocycles. The van der Waals surface area contributed by atoms with E-state index in [4.69, 9.17) is 0 Å². The molecule has 2 heterocycles. The van der Waals surface area contributed by atoms with E-state index in [1.807, 2.05) is 19.1 Å². The van der Waals surface area contributed by atoms with E-state index in [-0.39, 0.29) is 4.90 Å². The number of hydrogen-bond acceptors (Lipinski definition) is 6. The molecule has 0 aliphatic heterocycles. The Morgan fingerprint density at radius 2 is 1.67 bits per heavy atom. The number of rotatable bonds is 6. The first-order valence-electron chi connectivity index (χ1n) is 9.21. The van der Waals surface area contributed by atoms with Crippen molar-refractivity contribution in [3.05, 3.63) is 84.4 Å². The molecular formula is C21H20N6O2S. The highest BCUT2D eigenvalue weighted by atomic mass is 32.2. The second-order valence-corrected chi connectivity index (χ2v) is 8.42. The Bertz CT molecular complexity index is 1270. The van der Waals surface area contributed by atoms with E-state index in [1.165, 1.54) is 0 Å². The lowest BCUT2D eigenvalue weighted by Crippen LogP contribution is -2.13. The van der Waals surface area contributed by atoms with Crippen LogP contribution in [0.2, 0.25) is 0 Å². The van der Waals surface area contributed by atoms with Crippen molar-refractivity contribution < 1.29 is 8.42 Å². The van der Waals surface area contributed by atoms with Crippen molar-refractivity contribution in [3.63, 3.8) is 0 Å². The molecule has 0 unspecified atom stereocenters. The number of anilines is 3. The maximum atomic E-state index is 12.6. The van der Waals surface area contributed by atoms with Crippen molar-refractivity contribution in [2.45, 2.75) is 18.7 Å². The summed E-state index contributed by atoms with van der Waals surface area (Å²) in [6.07, 6.45) is 3.49. The highest BCUT2D eigenvalue weighted by molar-refractivity contribution is 7.92. The number of benzene rings is 2. The van der Waals surface area contributed by atoms with Gasteiger partial charge in [0.25, 0.3) is 10.0 Å². The first-order valence-corrected chi connectivity index (χ1v) is 10.7. The Labute approximate surface area is 174 Å². The maximum absolute atomic E-state index is 12.6. The summed E-state index contributed by atoms with van der Waals surface area (Å²) in [6, 6.07) is 17.3. The lowest BCUT2D eigenvalue weighted by Gasteiger charge is -2.11. The van der Waals surface area contributed by atoms with Crippen LogP contribution in [0.3, 0.4) is 0 Å². The van der Waals surface area contributed by atoms with E-state index in [1.54, 1.807) is 72.5 Å². The van der Waals surface area contributed by atoms with Gasteiger partial charge in [0.15, 0.2) is 5.82 Å². The Morgan fingerprint density at radius 3 is 2.37 bits per heavy atom. The van der Waals surface area contributed by atoms with Crippen LogP contribution in [-0.4, -0.2) is 28.2 Å². The van der Waals surface area contributed by atoms with Crippen LogP contribution < -0.4 is 10.0 Å². The van der Waals surface area contributed by atoms with Crippen molar-refractivity contribution >= 4 is 27.2 Å². The van der Waals surface area contributed by atoms with Crippen LogP contribution in [0.5, 0.6) is 0 Å². The summed E-state index contributed by atoms with van der Waals surface area (Å²) in [5.41, 5.74) is 2.11. The van der Waals surface area contributed by atoms with E-state index in [0.29, 0.717) is 23.1 Å². The van der Waals surface area contributed by atoms with E-state index in [9.17, 15) is 8.42 Å². The van der Waals surface area contributed by atoms with E-state index in [0.717, 1.165) is 11.3 Å². The summed E-state index contributed by atoms with van der Waals surface area (Å²) in [4.78, 5) is 9.00. The topological polar surface area (TPSA) is 102 Å².